The maximum atomic E-state index is 12.0. The predicted octanol–water partition coefficient (Wildman–Crippen LogP) is 3.87. The van der Waals surface area contributed by atoms with E-state index in [-0.39, 0.29) is 5.78 Å². The number of rotatable bonds is 6. The highest BCUT2D eigenvalue weighted by Crippen LogP contribution is 2.23. The first-order chi connectivity index (χ1) is 8.08. The lowest BCUT2D eigenvalue weighted by molar-refractivity contribution is 0.105. The van der Waals surface area contributed by atoms with E-state index in [1.807, 2.05) is 19.2 Å². The van der Waals surface area contributed by atoms with E-state index >= 15 is 0 Å². The number of carbonyl (C=O) groups is 1. The van der Waals surface area contributed by atoms with Gasteiger partial charge in [0, 0.05) is 12.6 Å². The quantitative estimate of drug-likeness (QED) is 0.628. The van der Waals surface area contributed by atoms with Gasteiger partial charge in [-0.3, -0.25) is 4.79 Å². The SMILES string of the molecule is CCNC(=CC(=O)c1cc(C(C)C)cs1)SC. The smallest absolute Gasteiger partial charge is 0.198 e. The lowest BCUT2D eigenvalue weighted by Crippen LogP contribution is -2.10. The number of thiophene rings is 1. The highest BCUT2D eigenvalue weighted by Gasteiger charge is 2.09. The van der Waals surface area contributed by atoms with Gasteiger partial charge in [-0.15, -0.1) is 23.1 Å². The molecule has 0 amide bonds. The molecule has 1 N–H and O–H groups in total. The number of hydrogen-bond acceptors (Lipinski definition) is 4. The van der Waals surface area contributed by atoms with Crippen molar-refractivity contribution >= 4 is 28.9 Å². The van der Waals surface area contributed by atoms with Gasteiger partial charge in [0.2, 0.25) is 0 Å². The summed E-state index contributed by atoms with van der Waals surface area (Å²) in [4.78, 5) is 12.8. The molecule has 0 unspecified atom stereocenters. The minimum absolute atomic E-state index is 0.0900. The molecule has 2 nitrogen and oxygen atoms in total. The Kier molecular flexibility index (Phi) is 5.78. The third kappa shape index (κ3) is 4.21. The maximum absolute atomic E-state index is 12.0. The van der Waals surface area contributed by atoms with Gasteiger partial charge in [-0.2, -0.15) is 0 Å². The van der Waals surface area contributed by atoms with Gasteiger partial charge in [0.25, 0.3) is 0 Å². The summed E-state index contributed by atoms with van der Waals surface area (Å²) in [5.74, 6) is 0.567. The molecule has 0 saturated carbocycles. The minimum Gasteiger partial charge on any atom is -0.380 e. The first-order valence-corrected chi connectivity index (χ1v) is 7.81. The molecule has 94 valence electrons. The second-order valence-electron chi connectivity index (χ2n) is 4.01. The van der Waals surface area contributed by atoms with Crippen molar-refractivity contribution in [3.05, 3.63) is 33.0 Å². The molecule has 1 heterocycles. The van der Waals surface area contributed by atoms with Gasteiger partial charge >= 0.3 is 0 Å². The third-order valence-corrected chi connectivity index (χ3v) is 4.03. The fourth-order valence-electron chi connectivity index (χ4n) is 1.33. The Morgan fingerprint density at radius 2 is 2.29 bits per heavy atom. The second-order valence-corrected chi connectivity index (χ2v) is 5.77. The zero-order valence-electron chi connectivity index (χ0n) is 10.7. The van der Waals surface area contributed by atoms with Crippen LogP contribution >= 0.6 is 23.1 Å². The van der Waals surface area contributed by atoms with Crippen LogP contribution in [0.1, 0.15) is 41.9 Å². The minimum atomic E-state index is 0.0900. The predicted molar refractivity (Wildman–Crippen MR) is 78.0 cm³/mol. The molecular formula is C13H19NOS2. The van der Waals surface area contributed by atoms with E-state index in [1.165, 1.54) is 16.9 Å². The Morgan fingerprint density at radius 1 is 1.59 bits per heavy atom. The average Bonchev–Trinajstić information content (AvgIpc) is 2.77. The Morgan fingerprint density at radius 3 is 2.76 bits per heavy atom. The molecule has 0 aliphatic heterocycles. The molecule has 0 aliphatic carbocycles. The molecule has 0 aliphatic rings. The van der Waals surface area contributed by atoms with Crippen molar-refractivity contribution in [2.24, 2.45) is 0 Å². The second kappa shape index (κ2) is 6.87. The van der Waals surface area contributed by atoms with Crippen LogP contribution in [0.15, 0.2) is 22.6 Å². The van der Waals surface area contributed by atoms with Crippen LogP contribution in [-0.2, 0) is 0 Å². The molecule has 0 aromatic carbocycles. The summed E-state index contributed by atoms with van der Waals surface area (Å²) in [7, 11) is 0. The van der Waals surface area contributed by atoms with Gasteiger partial charge < -0.3 is 5.32 Å². The van der Waals surface area contributed by atoms with Crippen LogP contribution in [0.2, 0.25) is 0 Å². The summed E-state index contributed by atoms with van der Waals surface area (Å²) >= 11 is 3.09. The van der Waals surface area contributed by atoms with Crippen LogP contribution in [-0.4, -0.2) is 18.6 Å². The molecule has 1 rings (SSSR count). The lowest BCUT2D eigenvalue weighted by Gasteiger charge is -2.04. The Hall–Kier alpha value is -0.740. The van der Waals surface area contributed by atoms with Crippen molar-refractivity contribution in [2.75, 3.05) is 12.8 Å². The standard InChI is InChI=1S/C13H19NOS2/c1-5-14-13(16-4)7-11(15)12-6-10(8-17-12)9(2)3/h6-9,14H,5H2,1-4H3. The number of hydrogen-bond donors (Lipinski definition) is 1. The van der Waals surface area contributed by atoms with Gasteiger partial charge in [0.1, 0.15) is 0 Å². The summed E-state index contributed by atoms with van der Waals surface area (Å²) < 4.78 is 0. The first-order valence-electron chi connectivity index (χ1n) is 5.70. The highest BCUT2D eigenvalue weighted by atomic mass is 32.2. The summed E-state index contributed by atoms with van der Waals surface area (Å²) in [5.41, 5.74) is 1.24. The van der Waals surface area contributed by atoms with Gasteiger partial charge in [-0.25, -0.2) is 0 Å². The Balaban J connectivity index is 2.81. The number of nitrogens with one attached hydrogen (secondary N) is 1. The fourth-order valence-corrected chi connectivity index (χ4v) is 2.83. The first kappa shape index (κ1) is 14.3. The van der Waals surface area contributed by atoms with E-state index in [1.54, 1.807) is 17.8 Å². The molecule has 0 spiro atoms. The zero-order chi connectivity index (χ0) is 12.8. The number of thioether (sulfide) groups is 1. The third-order valence-electron chi connectivity index (χ3n) is 2.36. The zero-order valence-corrected chi connectivity index (χ0v) is 12.4. The van der Waals surface area contributed by atoms with E-state index in [0.29, 0.717) is 5.92 Å². The van der Waals surface area contributed by atoms with Crippen molar-refractivity contribution in [3.63, 3.8) is 0 Å². The summed E-state index contributed by atoms with van der Waals surface area (Å²) in [5, 5.41) is 6.17. The van der Waals surface area contributed by atoms with Crippen molar-refractivity contribution < 1.29 is 4.79 Å². The van der Waals surface area contributed by atoms with Crippen LogP contribution < -0.4 is 5.32 Å². The molecule has 0 radical (unpaired) electrons. The van der Waals surface area contributed by atoms with Crippen molar-refractivity contribution in [3.8, 4) is 0 Å². The van der Waals surface area contributed by atoms with Crippen molar-refractivity contribution in [1.29, 1.82) is 0 Å². The van der Waals surface area contributed by atoms with E-state index < -0.39 is 0 Å². The fraction of sp³-hybridized carbons (Fsp3) is 0.462. The monoisotopic (exact) mass is 269 g/mol. The Labute approximate surface area is 112 Å². The van der Waals surface area contributed by atoms with Gasteiger partial charge in [-0.1, -0.05) is 13.8 Å². The molecule has 1 aromatic rings. The lowest BCUT2D eigenvalue weighted by atomic mass is 10.1. The van der Waals surface area contributed by atoms with Crippen LogP contribution in [0, 0.1) is 0 Å². The molecule has 0 saturated heterocycles. The van der Waals surface area contributed by atoms with Gasteiger partial charge in [0.05, 0.1) is 9.91 Å². The topological polar surface area (TPSA) is 29.1 Å². The van der Waals surface area contributed by atoms with E-state index in [0.717, 1.165) is 16.5 Å². The highest BCUT2D eigenvalue weighted by molar-refractivity contribution is 8.02. The van der Waals surface area contributed by atoms with E-state index in [4.69, 9.17) is 0 Å². The maximum Gasteiger partial charge on any atom is 0.198 e. The van der Waals surface area contributed by atoms with Crippen LogP contribution in [0.4, 0.5) is 0 Å². The van der Waals surface area contributed by atoms with Crippen LogP contribution in [0.25, 0.3) is 0 Å². The summed E-state index contributed by atoms with van der Waals surface area (Å²) in [6.07, 6.45) is 3.65. The number of ketones is 1. The summed E-state index contributed by atoms with van der Waals surface area (Å²) in [6, 6.07) is 2.00. The average molecular weight is 269 g/mol. The number of allylic oxidation sites excluding steroid dienone is 1. The largest absolute Gasteiger partial charge is 0.380 e. The van der Waals surface area contributed by atoms with Crippen molar-refractivity contribution in [2.45, 2.75) is 26.7 Å². The van der Waals surface area contributed by atoms with Crippen LogP contribution in [0.5, 0.6) is 0 Å². The van der Waals surface area contributed by atoms with Gasteiger partial charge in [0.15, 0.2) is 5.78 Å². The van der Waals surface area contributed by atoms with E-state index in [9.17, 15) is 4.79 Å². The molecular weight excluding hydrogens is 250 g/mol. The molecule has 1 aromatic heterocycles. The molecule has 0 fully saturated rings. The van der Waals surface area contributed by atoms with Crippen LogP contribution in [0.3, 0.4) is 0 Å². The molecule has 4 heteroatoms. The molecule has 17 heavy (non-hydrogen) atoms. The normalized spacial score (nSPS) is 11.9. The summed E-state index contributed by atoms with van der Waals surface area (Å²) in [6.45, 7) is 7.13. The van der Waals surface area contributed by atoms with Crippen molar-refractivity contribution in [1.82, 2.24) is 5.32 Å². The molecule has 0 bridgehead atoms. The van der Waals surface area contributed by atoms with E-state index in [2.05, 4.69) is 24.5 Å². The number of carbonyl (C=O) groups excluding carboxylic acids is 1. The Bertz CT molecular complexity index is 407. The molecule has 0 atom stereocenters. The van der Waals surface area contributed by atoms with Gasteiger partial charge in [-0.05, 0) is 36.1 Å².